The highest BCUT2D eigenvalue weighted by Gasteiger charge is 2.51. The van der Waals surface area contributed by atoms with Gasteiger partial charge in [0.15, 0.2) is 5.78 Å². The lowest BCUT2D eigenvalue weighted by Gasteiger charge is -2.44. The highest BCUT2D eigenvalue weighted by molar-refractivity contribution is 9.10. The Morgan fingerprint density at radius 2 is 1.94 bits per heavy atom. The first-order valence-corrected chi connectivity index (χ1v) is 12.2. The number of rotatable bonds is 7. The number of nitriles is 1. The number of nitrogens with zero attached hydrogens (tertiary/aromatic N) is 1. The van der Waals surface area contributed by atoms with Crippen LogP contribution in [0.1, 0.15) is 36.7 Å². The molecule has 2 aromatic rings. The summed E-state index contributed by atoms with van der Waals surface area (Å²) in [5, 5.41) is 13.2. The number of ether oxygens (including phenoxy) is 1. The molecule has 0 saturated heterocycles. The van der Waals surface area contributed by atoms with Gasteiger partial charge in [-0.1, -0.05) is 58.4 Å². The summed E-state index contributed by atoms with van der Waals surface area (Å²) < 4.78 is 6.19. The molecule has 5 nitrogen and oxygen atoms in total. The lowest BCUT2D eigenvalue weighted by Crippen LogP contribution is -2.52. The number of thioether (sulfide) groups is 1. The number of Topliss-reactive ketones (excluding diaryl/α,β-unsaturated/α-hetero) is 1. The van der Waals surface area contributed by atoms with Gasteiger partial charge in [-0.25, -0.2) is 4.79 Å². The van der Waals surface area contributed by atoms with Gasteiger partial charge in [0.2, 0.25) is 0 Å². The van der Waals surface area contributed by atoms with Gasteiger partial charge in [-0.15, -0.1) is 11.8 Å². The molecule has 0 amide bonds. The second-order valence-corrected chi connectivity index (χ2v) is 9.75. The predicted molar refractivity (Wildman–Crippen MR) is 130 cm³/mol. The lowest BCUT2D eigenvalue weighted by atomic mass is 9.64. The van der Waals surface area contributed by atoms with Crippen LogP contribution in [-0.2, 0) is 14.9 Å². The molecular weight excluding hydrogens is 488 g/mol. The van der Waals surface area contributed by atoms with Crippen LogP contribution in [0.2, 0.25) is 0 Å². The van der Waals surface area contributed by atoms with E-state index in [1.165, 1.54) is 11.8 Å². The fraction of sp³-hybridized carbons (Fsp3) is 0.320. The zero-order chi connectivity index (χ0) is 23.3. The number of carbonyl (C=O) groups excluding carboxylic acids is 2. The molecule has 3 rings (SSSR count). The minimum Gasteiger partial charge on any atom is -0.463 e. The second kappa shape index (κ2) is 10.4. The summed E-state index contributed by atoms with van der Waals surface area (Å²) >= 11 is 4.78. The average Bonchev–Trinajstić information content (AvgIpc) is 2.78. The van der Waals surface area contributed by atoms with E-state index in [9.17, 15) is 14.9 Å². The summed E-state index contributed by atoms with van der Waals surface area (Å²) in [6.45, 7) is 5.75. The standard InChI is InChI=1S/C25H25BrN2O3S/c1-4-31-24(30)22-16(2)28-23(32-15-21(29)17-9-8-12-19(26)13-17)20(14-27)25(22,3)18-10-6-5-7-11-18/h5-13,20,23,28H,4,15H2,1-3H3. The number of carbonyl (C=O) groups is 2. The van der Waals surface area contributed by atoms with Gasteiger partial charge in [-0.05, 0) is 38.5 Å². The fourth-order valence-electron chi connectivity index (χ4n) is 4.14. The van der Waals surface area contributed by atoms with Crippen molar-refractivity contribution < 1.29 is 14.3 Å². The van der Waals surface area contributed by atoms with Gasteiger partial charge in [-0.3, -0.25) is 4.79 Å². The molecule has 3 unspecified atom stereocenters. The number of esters is 1. The van der Waals surface area contributed by atoms with Crippen LogP contribution in [0, 0.1) is 17.2 Å². The van der Waals surface area contributed by atoms with Crippen LogP contribution in [0.5, 0.6) is 0 Å². The second-order valence-electron chi connectivity index (χ2n) is 7.71. The van der Waals surface area contributed by atoms with Gasteiger partial charge in [0.05, 0.1) is 35.3 Å². The number of halogens is 1. The van der Waals surface area contributed by atoms with Crippen LogP contribution in [-0.4, -0.2) is 29.5 Å². The van der Waals surface area contributed by atoms with Crippen molar-refractivity contribution >= 4 is 39.4 Å². The Morgan fingerprint density at radius 1 is 1.22 bits per heavy atom. The number of nitrogens with one attached hydrogen (secondary N) is 1. The van der Waals surface area contributed by atoms with E-state index < -0.39 is 17.3 Å². The van der Waals surface area contributed by atoms with Crippen molar-refractivity contribution in [3.05, 3.63) is 81.5 Å². The maximum absolute atomic E-state index is 13.0. The van der Waals surface area contributed by atoms with Crippen LogP contribution < -0.4 is 5.32 Å². The molecule has 0 saturated carbocycles. The van der Waals surface area contributed by atoms with Crippen molar-refractivity contribution in [3.63, 3.8) is 0 Å². The summed E-state index contributed by atoms with van der Waals surface area (Å²) in [5.41, 5.74) is 1.69. The summed E-state index contributed by atoms with van der Waals surface area (Å²) in [5.74, 6) is -0.848. The van der Waals surface area contributed by atoms with E-state index in [1.807, 2.05) is 56.3 Å². The van der Waals surface area contributed by atoms with E-state index in [0.29, 0.717) is 16.8 Å². The van der Waals surface area contributed by atoms with E-state index in [2.05, 4.69) is 27.3 Å². The molecule has 0 fully saturated rings. The molecule has 166 valence electrons. The molecule has 0 bridgehead atoms. The van der Waals surface area contributed by atoms with Crippen LogP contribution in [0.4, 0.5) is 0 Å². The first kappa shape index (κ1) is 24.1. The van der Waals surface area contributed by atoms with Crippen LogP contribution >= 0.6 is 27.7 Å². The Balaban J connectivity index is 1.97. The third-order valence-electron chi connectivity index (χ3n) is 5.71. The smallest absolute Gasteiger partial charge is 0.336 e. The molecule has 1 N–H and O–H groups in total. The minimum atomic E-state index is -0.895. The molecule has 2 aromatic carbocycles. The molecule has 1 aliphatic heterocycles. The van der Waals surface area contributed by atoms with E-state index in [1.54, 1.807) is 19.1 Å². The van der Waals surface area contributed by atoms with Gasteiger partial charge in [-0.2, -0.15) is 5.26 Å². The molecule has 0 aliphatic carbocycles. The minimum absolute atomic E-state index is 0.0194. The highest BCUT2D eigenvalue weighted by atomic mass is 79.9. The number of hydrogen-bond acceptors (Lipinski definition) is 6. The molecule has 3 atom stereocenters. The number of ketones is 1. The summed E-state index contributed by atoms with van der Waals surface area (Å²) in [6.07, 6.45) is 0. The normalized spacial score (nSPS) is 22.6. The third kappa shape index (κ3) is 4.77. The molecule has 7 heteroatoms. The summed E-state index contributed by atoms with van der Waals surface area (Å²) in [4.78, 5) is 25.7. The van der Waals surface area contributed by atoms with Gasteiger partial charge < -0.3 is 10.1 Å². The Hall–Kier alpha value is -2.56. The molecule has 0 radical (unpaired) electrons. The molecule has 32 heavy (non-hydrogen) atoms. The Morgan fingerprint density at radius 3 is 2.56 bits per heavy atom. The van der Waals surface area contributed by atoms with Gasteiger partial charge in [0.25, 0.3) is 0 Å². The topological polar surface area (TPSA) is 79.2 Å². The lowest BCUT2D eigenvalue weighted by molar-refractivity contribution is -0.139. The average molecular weight is 513 g/mol. The predicted octanol–water partition coefficient (Wildman–Crippen LogP) is 5.23. The molecular formula is C25H25BrN2O3S. The maximum atomic E-state index is 13.0. The first-order valence-electron chi connectivity index (χ1n) is 10.3. The molecule has 0 spiro atoms. The number of allylic oxidation sites excluding steroid dienone is 1. The third-order valence-corrected chi connectivity index (χ3v) is 7.38. The quantitative estimate of drug-likeness (QED) is 0.404. The highest BCUT2D eigenvalue weighted by Crippen LogP contribution is 2.47. The number of hydrogen-bond donors (Lipinski definition) is 1. The van der Waals surface area contributed by atoms with E-state index >= 15 is 0 Å². The molecule has 0 aromatic heterocycles. The van der Waals surface area contributed by atoms with Gasteiger partial charge >= 0.3 is 5.97 Å². The van der Waals surface area contributed by atoms with Crippen molar-refractivity contribution in [1.29, 1.82) is 5.26 Å². The largest absolute Gasteiger partial charge is 0.463 e. The maximum Gasteiger partial charge on any atom is 0.336 e. The Labute approximate surface area is 201 Å². The molecule has 1 aliphatic rings. The van der Waals surface area contributed by atoms with Crippen LogP contribution in [0.15, 0.2) is 70.3 Å². The van der Waals surface area contributed by atoms with Crippen molar-refractivity contribution in [1.82, 2.24) is 5.32 Å². The van der Waals surface area contributed by atoms with Crippen molar-refractivity contribution in [2.24, 2.45) is 5.92 Å². The first-order chi connectivity index (χ1) is 15.3. The summed E-state index contributed by atoms with van der Waals surface area (Å²) in [7, 11) is 0. The van der Waals surface area contributed by atoms with Crippen molar-refractivity contribution in [2.75, 3.05) is 12.4 Å². The van der Waals surface area contributed by atoms with Crippen molar-refractivity contribution in [2.45, 2.75) is 31.6 Å². The van der Waals surface area contributed by atoms with Crippen LogP contribution in [0.25, 0.3) is 0 Å². The van der Waals surface area contributed by atoms with Crippen molar-refractivity contribution in [3.8, 4) is 6.07 Å². The SMILES string of the molecule is CCOC(=O)C1=C(C)NC(SCC(=O)c2cccc(Br)c2)C(C#N)C1(C)c1ccccc1. The summed E-state index contributed by atoms with van der Waals surface area (Å²) in [6, 6.07) is 19.2. The van der Waals surface area contributed by atoms with E-state index in [4.69, 9.17) is 4.74 Å². The molecule has 1 heterocycles. The van der Waals surface area contributed by atoms with Crippen LogP contribution in [0.3, 0.4) is 0 Å². The van der Waals surface area contributed by atoms with Gasteiger partial charge in [0, 0.05) is 21.1 Å². The fourth-order valence-corrected chi connectivity index (χ4v) is 5.82. The Bertz CT molecular complexity index is 1080. The zero-order valence-corrected chi connectivity index (χ0v) is 20.6. The van der Waals surface area contributed by atoms with Gasteiger partial charge in [0.1, 0.15) is 0 Å². The van der Waals surface area contributed by atoms with E-state index in [0.717, 1.165) is 10.0 Å². The zero-order valence-electron chi connectivity index (χ0n) is 18.2. The van der Waals surface area contributed by atoms with E-state index in [-0.39, 0.29) is 23.5 Å². The monoisotopic (exact) mass is 512 g/mol. The Kier molecular flexibility index (Phi) is 7.81. The number of benzene rings is 2.